The highest BCUT2D eigenvalue weighted by molar-refractivity contribution is 4.57. The quantitative estimate of drug-likeness (QED) is 0.569. The number of hydrogen-bond acceptors (Lipinski definition) is 2. The van der Waals surface area contributed by atoms with E-state index in [0.29, 0.717) is 6.10 Å². The van der Waals surface area contributed by atoms with Crippen molar-refractivity contribution in [3.63, 3.8) is 0 Å². The van der Waals surface area contributed by atoms with Crippen LogP contribution in [0.25, 0.3) is 0 Å². The first-order valence-corrected chi connectivity index (χ1v) is 5.97. The third-order valence-corrected chi connectivity index (χ3v) is 2.38. The summed E-state index contributed by atoms with van der Waals surface area (Å²) in [6, 6.07) is 0. The van der Waals surface area contributed by atoms with E-state index >= 15 is 0 Å². The van der Waals surface area contributed by atoms with E-state index in [2.05, 4.69) is 32.8 Å². The molecule has 0 amide bonds. The zero-order valence-corrected chi connectivity index (χ0v) is 10.4. The molecule has 2 nitrogen and oxygen atoms in total. The van der Waals surface area contributed by atoms with Crippen LogP contribution >= 0.6 is 0 Å². The molecule has 0 rings (SSSR count). The Morgan fingerprint density at radius 1 is 1.07 bits per heavy atom. The van der Waals surface area contributed by atoms with E-state index in [1.165, 1.54) is 32.1 Å². The third-order valence-electron chi connectivity index (χ3n) is 2.38. The molecule has 0 radical (unpaired) electrons. The molecule has 0 aliphatic rings. The summed E-state index contributed by atoms with van der Waals surface area (Å²) in [4.78, 5) is 2.17. The van der Waals surface area contributed by atoms with Gasteiger partial charge in [0.2, 0.25) is 0 Å². The van der Waals surface area contributed by atoms with Gasteiger partial charge in [-0.1, -0.05) is 33.1 Å². The molecular formula is C12H27NO. The summed E-state index contributed by atoms with van der Waals surface area (Å²) in [5, 5.41) is 0. The van der Waals surface area contributed by atoms with Crippen LogP contribution in [0.15, 0.2) is 0 Å². The molecule has 0 saturated heterocycles. The molecule has 0 aromatic heterocycles. The topological polar surface area (TPSA) is 12.5 Å². The van der Waals surface area contributed by atoms with Crippen molar-refractivity contribution in [2.75, 3.05) is 27.2 Å². The first-order chi connectivity index (χ1) is 6.70. The highest BCUT2D eigenvalue weighted by Gasteiger charge is 2.06. The van der Waals surface area contributed by atoms with Crippen molar-refractivity contribution in [2.24, 2.45) is 0 Å². The highest BCUT2D eigenvalue weighted by atomic mass is 16.5. The van der Waals surface area contributed by atoms with Crippen LogP contribution in [0.5, 0.6) is 0 Å². The molecule has 0 spiro atoms. The molecule has 0 aromatic rings. The molecule has 1 unspecified atom stereocenters. The van der Waals surface area contributed by atoms with Crippen molar-refractivity contribution in [1.29, 1.82) is 0 Å². The van der Waals surface area contributed by atoms with Gasteiger partial charge in [-0.3, -0.25) is 0 Å². The van der Waals surface area contributed by atoms with Crippen molar-refractivity contribution in [3.8, 4) is 0 Å². The predicted octanol–water partition coefficient (Wildman–Crippen LogP) is 2.92. The average Bonchev–Trinajstić information content (AvgIpc) is 2.13. The molecule has 0 aliphatic carbocycles. The molecule has 0 aromatic carbocycles. The molecule has 0 fully saturated rings. The standard InChI is InChI=1S/C12H27NO/c1-5-7-9-12(8-6-2)14-11-10-13(3)4/h12H,5-11H2,1-4H3. The van der Waals surface area contributed by atoms with Gasteiger partial charge in [0.15, 0.2) is 0 Å². The molecule has 0 saturated carbocycles. The fourth-order valence-corrected chi connectivity index (χ4v) is 1.47. The summed E-state index contributed by atoms with van der Waals surface area (Å²) < 4.78 is 5.85. The van der Waals surface area contributed by atoms with Gasteiger partial charge in [0.05, 0.1) is 12.7 Å². The zero-order valence-electron chi connectivity index (χ0n) is 10.4. The van der Waals surface area contributed by atoms with Crippen molar-refractivity contribution >= 4 is 0 Å². The zero-order chi connectivity index (χ0) is 10.8. The monoisotopic (exact) mass is 201 g/mol. The van der Waals surface area contributed by atoms with Crippen LogP contribution in [0.4, 0.5) is 0 Å². The smallest absolute Gasteiger partial charge is 0.0596 e. The van der Waals surface area contributed by atoms with Crippen molar-refractivity contribution in [3.05, 3.63) is 0 Å². The Morgan fingerprint density at radius 2 is 1.79 bits per heavy atom. The summed E-state index contributed by atoms with van der Waals surface area (Å²) in [5.41, 5.74) is 0. The maximum atomic E-state index is 5.85. The van der Waals surface area contributed by atoms with Crippen LogP contribution in [0.3, 0.4) is 0 Å². The van der Waals surface area contributed by atoms with Gasteiger partial charge in [0.1, 0.15) is 0 Å². The summed E-state index contributed by atoms with van der Waals surface area (Å²) in [6.45, 7) is 6.38. The largest absolute Gasteiger partial charge is 0.377 e. The Kier molecular flexibility index (Phi) is 9.42. The van der Waals surface area contributed by atoms with Crippen molar-refractivity contribution in [1.82, 2.24) is 4.90 Å². The fraction of sp³-hybridized carbons (Fsp3) is 1.00. The number of nitrogens with zero attached hydrogens (tertiary/aromatic N) is 1. The van der Waals surface area contributed by atoms with Gasteiger partial charge < -0.3 is 9.64 Å². The second-order valence-electron chi connectivity index (χ2n) is 4.23. The van der Waals surface area contributed by atoms with Crippen LogP contribution in [-0.4, -0.2) is 38.3 Å². The first-order valence-electron chi connectivity index (χ1n) is 5.97. The lowest BCUT2D eigenvalue weighted by Gasteiger charge is -2.18. The Morgan fingerprint density at radius 3 is 2.29 bits per heavy atom. The number of ether oxygens (including phenoxy) is 1. The van der Waals surface area contributed by atoms with Gasteiger partial charge in [-0.2, -0.15) is 0 Å². The SMILES string of the molecule is CCCCC(CCC)OCCN(C)C. The van der Waals surface area contributed by atoms with E-state index in [0.717, 1.165) is 13.2 Å². The third kappa shape index (κ3) is 8.52. The first kappa shape index (κ1) is 13.9. The molecule has 2 heteroatoms. The maximum absolute atomic E-state index is 5.85. The van der Waals surface area contributed by atoms with E-state index in [4.69, 9.17) is 4.74 Å². The average molecular weight is 201 g/mol. The molecule has 86 valence electrons. The summed E-state index contributed by atoms with van der Waals surface area (Å²) in [5.74, 6) is 0. The number of hydrogen-bond donors (Lipinski definition) is 0. The lowest BCUT2D eigenvalue weighted by Crippen LogP contribution is -2.22. The Bertz CT molecular complexity index is 115. The van der Waals surface area contributed by atoms with Crippen LogP contribution in [0.2, 0.25) is 0 Å². The molecule has 14 heavy (non-hydrogen) atoms. The van der Waals surface area contributed by atoms with Gasteiger partial charge in [-0.15, -0.1) is 0 Å². The lowest BCUT2D eigenvalue weighted by atomic mass is 10.1. The molecular weight excluding hydrogens is 174 g/mol. The second kappa shape index (κ2) is 9.47. The fourth-order valence-electron chi connectivity index (χ4n) is 1.47. The van der Waals surface area contributed by atoms with Crippen LogP contribution in [0, 0.1) is 0 Å². The molecule has 0 N–H and O–H groups in total. The lowest BCUT2D eigenvalue weighted by molar-refractivity contribution is 0.0318. The molecule has 1 atom stereocenters. The number of likely N-dealkylation sites (N-methyl/N-ethyl adjacent to an activating group) is 1. The number of unbranched alkanes of at least 4 members (excludes halogenated alkanes) is 1. The van der Waals surface area contributed by atoms with Crippen molar-refractivity contribution < 1.29 is 4.74 Å². The minimum absolute atomic E-state index is 0.500. The maximum Gasteiger partial charge on any atom is 0.0596 e. The molecule has 0 aliphatic heterocycles. The second-order valence-corrected chi connectivity index (χ2v) is 4.23. The predicted molar refractivity (Wildman–Crippen MR) is 62.7 cm³/mol. The van der Waals surface area contributed by atoms with E-state index < -0.39 is 0 Å². The van der Waals surface area contributed by atoms with Crippen LogP contribution < -0.4 is 0 Å². The summed E-state index contributed by atoms with van der Waals surface area (Å²) in [7, 11) is 4.18. The van der Waals surface area contributed by atoms with Gasteiger partial charge in [0, 0.05) is 6.54 Å². The minimum Gasteiger partial charge on any atom is -0.377 e. The van der Waals surface area contributed by atoms with E-state index in [-0.39, 0.29) is 0 Å². The minimum atomic E-state index is 0.500. The van der Waals surface area contributed by atoms with Crippen LogP contribution in [0.1, 0.15) is 46.0 Å². The Labute approximate surface area is 89.6 Å². The van der Waals surface area contributed by atoms with Gasteiger partial charge >= 0.3 is 0 Å². The van der Waals surface area contributed by atoms with Crippen LogP contribution in [-0.2, 0) is 4.74 Å². The van der Waals surface area contributed by atoms with E-state index in [1.807, 2.05) is 0 Å². The Hall–Kier alpha value is -0.0800. The van der Waals surface area contributed by atoms with E-state index in [1.54, 1.807) is 0 Å². The van der Waals surface area contributed by atoms with Crippen molar-refractivity contribution in [2.45, 2.75) is 52.1 Å². The number of rotatable bonds is 9. The highest BCUT2D eigenvalue weighted by Crippen LogP contribution is 2.10. The van der Waals surface area contributed by atoms with Gasteiger partial charge in [0.25, 0.3) is 0 Å². The van der Waals surface area contributed by atoms with E-state index in [9.17, 15) is 0 Å². The van der Waals surface area contributed by atoms with Gasteiger partial charge in [-0.25, -0.2) is 0 Å². The Balaban J connectivity index is 3.50. The molecule has 0 bridgehead atoms. The summed E-state index contributed by atoms with van der Waals surface area (Å²) >= 11 is 0. The molecule has 0 heterocycles. The van der Waals surface area contributed by atoms with Gasteiger partial charge in [-0.05, 0) is 26.9 Å². The normalized spacial score (nSPS) is 13.5. The summed E-state index contributed by atoms with van der Waals surface area (Å²) in [6.07, 6.45) is 6.76.